The summed E-state index contributed by atoms with van der Waals surface area (Å²) in [5.74, 6) is 0.424. The third-order valence-corrected chi connectivity index (χ3v) is 3.62. The number of halogens is 1. The van der Waals surface area contributed by atoms with Crippen LogP contribution in [0.1, 0.15) is 36.7 Å². The number of rotatable bonds is 7. The molecule has 1 amide bonds. The summed E-state index contributed by atoms with van der Waals surface area (Å²) in [5.41, 5.74) is 1.07. The van der Waals surface area contributed by atoms with Crippen molar-refractivity contribution in [2.45, 2.75) is 26.2 Å². The van der Waals surface area contributed by atoms with Crippen LogP contribution < -0.4 is 10.6 Å². The first-order valence-corrected chi connectivity index (χ1v) is 8.11. The molecule has 0 unspecified atom stereocenters. The van der Waals surface area contributed by atoms with Crippen LogP contribution in [0.2, 0.25) is 0 Å². The van der Waals surface area contributed by atoms with E-state index in [4.69, 9.17) is 0 Å². The van der Waals surface area contributed by atoms with Gasteiger partial charge in [-0.2, -0.15) is 0 Å². The third-order valence-electron chi connectivity index (χ3n) is 3.09. The first-order chi connectivity index (χ1) is 10.7. The first kappa shape index (κ1) is 16.4. The van der Waals surface area contributed by atoms with Crippen molar-refractivity contribution in [1.82, 2.24) is 9.97 Å². The van der Waals surface area contributed by atoms with Gasteiger partial charge in [0.15, 0.2) is 0 Å². The van der Waals surface area contributed by atoms with E-state index in [1.807, 2.05) is 24.3 Å². The second kappa shape index (κ2) is 8.48. The van der Waals surface area contributed by atoms with Crippen molar-refractivity contribution in [3.05, 3.63) is 46.8 Å². The van der Waals surface area contributed by atoms with E-state index in [2.05, 4.69) is 43.5 Å². The highest BCUT2D eigenvalue weighted by molar-refractivity contribution is 9.10. The molecule has 5 nitrogen and oxygen atoms in total. The molecule has 2 N–H and O–H groups in total. The van der Waals surface area contributed by atoms with E-state index < -0.39 is 0 Å². The molecule has 22 heavy (non-hydrogen) atoms. The van der Waals surface area contributed by atoms with Crippen LogP contribution in [0, 0.1) is 0 Å². The summed E-state index contributed by atoms with van der Waals surface area (Å²) in [6, 6.07) is 9.06. The van der Waals surface area contributed by atoms with Crippen molar-refractivity contribution in [2.75, 3.05) is 17.2 Å². The molecular weight excluding hydrogens is 344 g/mol. The molecule has 0 aliphatic heterocycles. The van der Waals surface area contributed by atoms with Gasteiger partial charge in [-0.15, -0.1) is 0 Å². The number of nitrogens with one attached hydrogen (secondary N) is 2. The number of carbonyl (C=O) groups excluding carboxylic acids is 1. The number of benzene rings is 1. The number of unbranched alkanes of at least 4 members (excludes halogenated alkanes) is 2. The van der Waals surface area contributed by atoms with Gasteiger partial charge in [0.25, 0.3) is 5.91 Å². The first-order valence-electron chi connectivity index (χ1n) is 7.32. The van der Waals surface area contributed by atoms with Crippen molar-refractivity contribution >= 4 is 33.3 Å². The molecule has 0 atom stereocenters. The highest BCUT2D eigenvalue weighted by Gasteiger charge is 2.09. The summed E-state index contributed by atoms with van der Waals surface area (Å²) < 4.78 is 0.964. The Morgan fingerprint density at radius 1 is 1.18 bits per heavy atom. The molecule has 0 saturated heterocycles. The third kappa shape index (κ3) is 5.11. The van der Waals surface area contributed by atoms with Crippen LogP contribution in [0.3, 0.4) is 0 Å². The average Bonchev–Trinajstić information content (AvgIpc) is 2.54. The number of nitrogens with zero attached hydrogens (tertiary/aromatic N) is 2. The summed E-state index contributed by atoms with van der Waals surface area (Å²) in [6.07, 6.45) is 4.83. The van der Waals surface area contributed by atoms with Gasteiger partial charge in [-0.25, -0.2) is 9.97 Å². The van der Waals surface area contributed by atoms with Crippen LogP contribution >= 0.6 is 15.9 Å². The van der Waals surface area contributed by atoms with E-state index in [9.17, 15) is 4.79 Å². The maximum atomic E-state index is 12.2. The lowest BCUT2D eigenvalue weighted by Gasteiger charge is -2.07. The van der Waals surface area contributed by atoms with Gasteiger partial charge in [0, 0.05) is 22.8 Å². The SMILES string of the molecule is CCCCCNc1cc(C(=O)Nc2ccc(Br)cc2)ncn1. The van der Waals surface area contributed by atoms with Crippen molar-refractivity contribution in [2.24, 2.45) is 0 Å². The minimum Gasteiger partial charge on any atom is -0.370 e. The molecule has 0 aliphatic rings. The Labute approximate surface area is 138 Å². The van der Waals surface area contributed by atoms with E-state index in [1.54, 1.807) is 6.07 Å². The summed E-state index contributed by atoms with van der Waals surface area (Å²) in [7, 11) is 0. The van der Waals surface area contributed by atoms with Gasteiger partial charge in [-0.05, 0) is 30.7 Å². The number of amides is 1. The van der Waals surface area contributed by atoms with Gasteiger partial charge in [-0.1, -0.05) is 35.7 Å². The fraction of sp³-hybridized carbons (Fsp3) is 0.312. The molecule has 0 radical (unpaired) electrons. The van der Waals surface area contributed by atoms with E-state index in [1.165, 1.54) is 19.2 Å². The van der Waals surface area contributed by atoms with Gasteiger partial charge >= 0.3 is 0 Å². The van der Waals surface area contributed by atoms with Crippen LogP contribution in [-0.2, 0) is 0 Å². The molecule has 0 fully saturated rings. The summed E-state index contributed by atoms with van der Waals surface area (Å²) >= 11 is 3.36. The van der Waals surface area contributed by atoms with E-state index in [0.717, 1.165) is 23.1 Å². The average molecular weight is 363 g/mol. The van der Waals surface area contributed by atoms with Gasteiger partial charge in [0.1, 0.15) is 17.8 Å². The smallest absolute Gasteiger partial charge is 0.274 e. The monoisotopic (exact) mass is 362 g/mol. The van der Waals surface area contributed by atoms with E-state index in [-0.39, 0.29) is 5.91 Å². The second-order valence-corrected chi connectivity index (χ2v) is 5.80. The largest absolute Gasteiger partial charge is 0.370 e. The van der Waals surface area contributed by atoms with E-state index >= 15 is 0 Å². The van der Waals surface area contributed by atoms with Crippen molar-refractivity contribution in [1.29, 1.82) is 0 Å². The number of carbonyl (C=O) groups is 1. The number of aromatic nitrogens is 2. The molecule has 0 saturated carbocycles. The second-order valence-electron chi connectivity index (χ2n) is 4.88. The molecular formula is C16H19BrN4O. The quantitative estimate of drug-likeness (QED) is 0.727. The molecule has 0 aliphatic carbocycles. The molecule has 2 rings (SSSR count). The van der Waals surface area contributed by atoms with Crippen molar-refractivity contribution < 1.29 is 4.79 Å². The highest BCUT2D eigenvalue weighted by atomic mass is 79.9. The van der Waals surface area contributed by atoms with Crippen molar-refractivity contribution in [3.63, 3.8) is 0 Å². The fourth-order valence-corrected chi connectivity index (χ4v) is 2.16. The number of hydrogen-bond acceptors (Lipinski definition) is 4. The molecule has 2 aromatic rings. The zero-order valence-electron chi connectivity index (χ0n) is 12.5. The summed E-state index contributed by atoms with van der Waals surface area (Å²) in [6.45, 7) is 3.01. The predicted molar refractivity (Wildman–Crippen MR) is 92.1 cm³/mol. The molecule has 6 heteroatoms. The van der Waals surface area contributed by atoms with Crippen LogP contribution in [0.25, 0.3) is 0 Å². The predicted octanol–water partition coefficient (Wildman–Crippen LogP) is 4.09. The minimum absolute atomic E-state index is 0.249. The van der Waals surface area contributed by atoms with E-state index in [0.29, 0.717) is 11.5 Å². The standard InChI is InChI=1S/C16H19BrN4O/c1-2-3-4-9-18-15-10-14(19-11-20-15)16(22)21-13-7-5-12(17)6-8-13/h5-8,10-11H,2-4,9H2,1H3,(H,21,22)(H,18,19,20). The molecule has 0 bridgehead atoms. The topological polar surface area (TPSA) is 66.9 Å². The maximum Gasteiger partial charge on any atom is 0.274 e. The van der Waals surface area contributed by atoms with Crippen LogP contribution in [0.4, 0.5) is 11.5 Å². The highest BCUT2D eigenvalue weighted by Crippen LogP contribution is 2.15. The van der Waals surface area contributed by atoms with Gasteiger partial charge in [0.2, 0.25) is 0 Å². The maximum absolute atomic E-state index is 12.2. The normalized spacial score (nSPS) is 10.3. The Hall–Kier alpha value is -1.95. The van der Waals surface area contributed by atoms with Crippen LogP contribution in [0.15, 0.2) is 41.1 Å². The zero-order valence-corrected chi connectivity index (χ0v) is 14.1. The lowest BCUT2D eigenvalue weighted by molar-refractivity contribution is 0.102. The zero-order chi connectivity index (χ0) is 15.8. The Balaban J connectivity index is 1.96. The number of hydrogen-bond donors (Lipinski definition) is 2. The Morgan fingerprint density at radius 3 is 2.68 bits per heavy atom. The number of anilines is 2. The molecule has 116 valence electrons. The summed E-state index contributed by atoms with van der Waals surface area (Å²) in [4.78, 5) is 20.3. The Bertz CT molecular complexity index is 616. The molecule has 0 spiro atoms. The van der Waals surface area contributed by atoms with Crippen LogP contribution in [-0.4, -0.2) is 22.4 Å². The fourth-order valence-electron chi connectivity index (χ4n) is 1.90. The van der Waals surface area contributed by atoms with Gasteiger partial charge < -0.3 is 10.6 Å². The molecule has 1 heterocycles. The Morgan fingerprint density at radius 2 is 1.95 bits per heavy atom. The lowest BCUT2D eigenvalue weighted by atomic mass is 10.2. The lowest BCUT2D eigenvalue weighted by Crippen LogP contribution is -2.14. The van der Waals surface area contributed by atoms with Gasteiger partial charge in [0.05, 0.1) is 0 Å². The molecule has 1 aromatic heterocycles. The van der Waals surface area contributed by atoms with Crippen molar-refractivity contribution in [3.8, 4) is 0 Å². The summed E-state index contributed by atoms with van der Waals surface area (Å²) in [5, 5.41) is 6.02. The van der Waals surface area contributed by atoms with Gasteiger partial charge in [-0.3, -0.25) is 4.79 Å². The minimum atomic E-state index is -0.249. The molecule has 1 aromatic carbocycles. The Kier molecular flexibility index (Phi) is 6.33. The van der Waals surface area contributed by atoms with Crippen LogP contribution in [0.5, 0.6) is 0 Å².